The number of hydrogen-bond donors (Lipinski definition) is 1. The Bertz CT molecular complexity index is 763. The summed E-state index contributed by atoms with van der Waals surface area (Å²) >= 11 is 5.95. The fourth-order valence-corrected chi connectivity index (χ4v) is 4.66. The van der Waals surface area contributed by atoms with Crippen molar-refractivity contribution in [3.05, 3.63) is 40.2 Å². The summed E-state index contributed by atoms with van der Waals surface area (Å²) in [6, 6.07) is 5.29. The number of H-pyrrole nitrogens is 1. The van der Waals surface area contributed by atoms with Crippen LogP contribution in [0.5, 0.6) is 0 Å². The van der Waals surface area contributed by atoms with Gasteiger partial charge in [0.2, 0.25) is 0 Å². The van der Waals surface area contributed by atoms with Gasteiger partial charge in [-0.05, 0) is 44.0 Å². The highest BCUT2D eigenvalue weighted by atomic mass is 35.5. The molecule has 2 aromatic rings. The number of benzene rings is 1. The Kier molecular flexibility index (Phi) is 3.02. The first-order valence-corrected chi connectivity index (χ1v) is 8.06. The molecule has 1 N–H and O–H groups in total. The molecule has 0 atom stereocenters. The fraction of sp³-hybridized carbons (Fsp3) is 0.308. The summed E-state index contributed by atoms with van der Waals surface area (Å²) in [4.78, 5) is 0.264. The molecule has 5 nitrogen and oxygen atoms in total. The zero-order valence-electron chi connectivity index (χ0n) is 11.1. The van der Waals surface area contributed by atoms with Crippen molar-refractivity contribution in [1.82, 2.24) is 10.2 Å². The van der Waals surface area contributed by atoms with Crippen molar-refractivity contribution in [3.63, 3.8) is 0 Å². The third-order valence-corrected chi connectivity index (χ3v) is 5.82. The van der Waals surface area contributed by atoms with Crippen LogP contribution in [0.2, 0.25) is 5.02 Å². The van der Waals surface area contributed by atoms with Crippen LogP contribution in [0.25, 0.3) is 0 Å². The number of aromatic nitrogens is 2. The lowest BCUT2D eigenvalue weighted by atomic mass is 10.2. The number of nitrogens with zero attached hydrogens (tertiary/aromatic N) is 2. The van der Waals surface area contributed by atoms with E-state index in [1.807, 2.05) is 6.07 Å². The molecule has 20 heavy (non-hydrogen) atoms. The van der Waals surface area contributed by atoms with Gasteiger partial charge >= 0.3 is 0 Å². The van der Waals surface area contributed by atoms with Crippen LogP contribution in [-0.4, -0.2) is 25.2 Å². The molecule has 0 bridgehead atoms. The molecule has 0 aliphatic carbocycles. The Balaban J connectivity index is 2.12. The highest BCUT2D eigenvalue weighted by Crippen LogP contribution is 2.35. The summed E-state index contributed by atoms with van der Waals surface area (Å²) in [5.41, 5.74) is 2.71. The van der Waals surface area contributed by atoms with Gasteiger partial charge in [0.25, 0.3) is 10.0 Å². The second-order valence-corrected chi connectivity index (χ2v) is 7.10. The predicted octanol–water partition coefficient (Wildman–Crippen LogP) is 2.43. The smallest absolute Gasteiger partial charge is 0.268 e. The van der Waals surface area contributed by atoms with Crippen LogP contribution in [-0.2, 0) is 16.4 Å². The molecule has 3 rings (SSSR count). The van der Waals surface area contributed by atoms with E-state index in [4.69, 9.17) is 11.6 Å². The van der Waals surface area contributed by atoms with E-state index in [9.17, 15) is 8.42 Å². The zero-order valence-corrected chi connectivity index (χ0v) is 12.7. The molecule has 1 aliphatic rings. The number of halogens is 1. The van der Waals surface area contributed by atoms with Gasteiger partial charge in [0.05, 0.1) is 17.1 Å². The summed E-state index contributed by atoms with van der Waals surface area (Å²) in [5.74, 6) is 0. The maximum atomic E-state index is 12.8. The number of aryl methyl sites for hydroxylation is 2. The van der Waals surface area contributed by atoms with E-state index >= 15 is 0 Å². The SMILES string of the molecule is Cc1n[nH]c(C)c1S(=O)(=O)N1CCc2cc(Cl)ccc21. The fourth-order valence-electron chi connectivity index (χ4n) is 2.62. The summed E-state index contributed by atoms with van der Waals surface area (Å²) in [6.45, 7) is 3.84. The third kappa shape index (κ3) is 1.91. The summed E-state index contributed by atoms with van der Waals surface area (Å²) in [5, 5.41) is 7.32. The van der Waals surface area contributed by atoms with Crippen molar-refractivity contribution in [2.45, 2.75) is 25.2 Å². The normalized spacial score (nSPS) is 14.7. The molecule has 0 unspecified atom stereocenters. The molecule has 0 fully saturated rings. The van der Waals surface area contributed by atoms with Crippen molar-refractivity contribution in [3.8, 4) is 0 Å². The molecule has 7 heteroatoms. The Morgan fingerprint density at radius 2 is 2.10 bits per heavy atom. The van der Waals surface area contributed by atoms with Crippen molar-refractivity contribution >= 4 is 27.3 Å². The number of anilines is 1. The van der Waals surface area contributed by atoms with E-state index in [0.29, 0.717) is 35.1 Å². The van der Waals surface area contributed by atoms with Gasteiger partial charge in [-0.25, -0.2) is 8.42 Å². The largest absolute Gasteiger partial charge is 0.281 e. The molecule has 106 valence electrons. The van der Waals surface area contributed by atoms with E-state index in [1.54, 1.807) is 26.0 Å². The number of sulfonamides is 1. The molecule has 1 aliphatic heterocycles. The first-order valence-electron chi connectivity index (χ1n) is 6.24. The van der Waals surface area contributed by atoms with E-state index in [0.717, 1.165) is 5.56 Å². The number of fused-ring (bicyclic) bond motifs is 1. The van der Waals surface area contributed by atoms with Crippen LogP contribution < -0.4 is 4.31 Å². The van der Waals surface area contributed by atoms with Crippen LogP contribution in [0.15, 0.2) is 23.1 Å². The van der Waals surface area contributed by atoms with Crippen LogP contribution in [0, 0.1) is 13.8 Å². The van der Waals surface area contributed by atoms with E-state index < -0.39 is 10.0 Å². The lowest BCUT2D eigenvalue weighted by Gasteiger charge is -2.19. The first kappa shape index (κ1) is 13.5. The van der Waals surface area contributed by atoms with E-state index in [1.165, 1.54) is 4.31 Å². The van der Waals surface area contributed by atoms with Gasteiger partial charge in [-0.3, -0.25) is 9.40 Å². The maximum Gasteiger partial charge on any atom is 0.268 e. The molecule has 0 saturated carbocycles. The maximum absolute atomic E-state index is 12.8. The first-order chi connectivity index (χ1) is 9.41. The van der Waals surface area contributed by atoms with Gasteiger partial charge in [-0.1, -0.05) is 11.6 Å². The minimum absolute atomic E-state index is 0.264. The second kappa shape index (κ2) is 4.49. The second-order valence-electron chi connectivity index (χ2n) is 4.86. The predicted molar refractivity (Wildman–Crippen MR) is 77.7 cm³/mol. The van der Waals surface area contributed by atoms with Gasteiger partial charge < -0.3 is 0 Å². The van der Waals surface area contributed by atoms with Crippen LogP contribution >= 0.6 is 11.6 Å². The van der Waals surface area contributed by atoms with Gasteiger partial charge in [0, 0.05) is 11.6 Å². The Morgan fingerprint density at radius 1 is 1.35 bits per heavy atom. The number of aromatic amines is 1. The Hall–Kier alpha value is -1.53. The lowest BCUT2D eigenvalue weighted by Crippen LogP contribution is -2.29. The molecular weight excluding hydrogens is 298 g/mol. The molecule has 1 aromatic heterocycles. The standard InChI is InChI=1S/C13H14ClN3O2S/c1-8-13(9(2)16-15-8)20(18,19)17-6-5-10-7-11(14)3-4-12(10)17/h3-4,7H,5-6H2,1-2H3,(H,15,16). The highest BCUT2D eigenvalue weighted by Gasteiger charge is 2.34. The molecule has 0 amide bonds. The number of rotatable bonds is 2. The summed E-state index contributed by atoms with van der Waals surface area (Å²) < 4.78 is 27.1. The quantitative estimate of drug-likeness (QED) is 0.926. The molecular formula is C13H14ClN3O2S. The molecule has 2 heterocycles. The average molecular weight is 312 g/mol. The van der Waals surface area contributed by atoms with Crippen LogP contribution in [0.1, 0.15) is 17.0 Å². The van der Waals surface area contributed by atoms with E-state index in [2.05, 4.69) is 10.2 Å². The van der Waals surface area contributed by atoms with Crippen molar-refractivity contribution in [2.75, 3.05) is 10.8 Å². The Labute approximate surface area is 122 Å². The minimum atomic E-state index is -3.59. The zero-order chi connectivity index (χ0) is 14.5. The van der Waals surface area contributed by atoms with Gasteiger partial charge in [0.1, 0.15) is 4.90 Å². The highest BCUT2D eigenvalue weighted by molar-refractivity contribution is 7.93. The third-order valence-electron chi connectivity index (χ3n) is 3.50. The average Bonchev–Trinajstić information content (AvgIpc) is 2.93. The van der Waals surface area contributed by atoms with Gasteiger partial charge in [-0.2, -0.15) is 5.10 Å². The number of nitrogens with one attached hydrogen (secondary N) is 1. The van der Waals surface area contributed by atoms with Gasteiger partial charge in [0.15, 0.2) is 0 Å². The topological polar surface area (TPSA) is 66.1 Å². The van der Waals surface area contributed by atoms with Crippen molar-refractivity contribution in [2.24, 2.45) is 0 Å². The van der Waals surface area contributed by atoms with Crippen LogP contribution in [0.4, 0.5) is 5.69 Å². The molecule has 0 spiro atoms. The Morgan fingerprint density at radius 3 is 2.75 bits per heavy atom. The van der Waals surface area contributed by atoms with E-state index in [-0.39, 0.29) is 4.90 Å². The summed E-state index contributed by atoms with van der Waals surface area (Å²) in [7, 11) is -3.59. The monoisotopic (exact) mass is 311 g/mol. The van der Waals surface area contributed by atoms with Crippen LogP contribution in [0.3, 0.4) is 0 Å². The van der Waals surface area contributed by atoms with Crippen molar-refractivity contribution in [1.29, 1.82) is 0 Å². The molecule has 1 aromatic carbocycles. The molecule has 0 saturated heterocycles. The van der Waals surface area contributed by atoms with Gasteiger partial charge in [-0.15, -0.1) is 0 Å². The lowest BCUT2D eigenvalue weighted by molar-refractivity contribution is 0.591. The minimum Gasteiger partial charge on any atom is -0.281 e. The summed E-state index contributed by atoms with van der Waals surface area (Å²) in [6.07, 6.45) is 0.672. The molecule has 0 radical (unpaired) electrons. The van der Waals surface area contributed by atoms with Crippen molar-refractivity contribution < 1.29 is 8.42 Å². The number of hydrogen-bond acceptors (Lipinski definition) is 3.